The topological polar surface area (TPSA) is 68.1 Å². The van der Waals surface area contributed by atoms with E-state index in [-0.39, 0.29) is 11.7 Å². The Morgan fingerprint density at radius 2 is 1.95 bits per heavy atom. The van der Waals surface area contributed by atoms with Gasteiger partial charge < -0.3 is 5.32 Å². The minimum atomic E-state index is -0.417. The summed E-state index contributed by atoms with van der Waals surface area (Å²) in [6.45, 7) is 5.54. The molecule has 6 heteroatoms. The smallest absolute Gasteiger partial charge is 0.292 e. The van der Waals surface area contributed by atoms with Crippen molar-refractivity contribution < 1.29 is 9.31 Å². The van der Waals surface area contributed by atoms with E-state index in [2.05, 4.69) is 10.3 Å². The molecule has 0 saturated carbocycles. The van der Waals surface area contributed by atoms with Gasteiger partial charge in [0.25, 0.3) is 5.69 Å². The highest BCUT2D eigenvalue weighted by Gasteiger charge is 2.18. The summed E-state index contributed by atoms with van der Waals surface area (Å²) >= 11 is 0. The van der Waals surface area contributed by atoms with E-state index in [1.54, 1.807) is 18.2 Å². The number of aromatic nitrogens is 1. The first-order valence-corrected chi connectivity index (χ1v) is 6.52. The third-order valence-corrected chi connectivity index (χ3v) is 3.37. The molecule has 0 bridgehead atoms. The van der Waals surface area contributed by atoms with Crippen molar-refractivity contribution in [2.45, 2.75) is 26.8 Å². The number of hydrogen-bond donors (Lipinski definition) is 1. The fraction of sp³-hybridized carbons (Fsp3) is 0.267. The molecular formula is C15H16FN3O2. The third kappa shape index (κ3) is 3.34. The summed E-state index contributed by atoms with van der Waals surface area (Å²) in [6, 6.07) is 5.89. The van der Waals surface area contributed by atoms with Gasteiger partial charge in [-0.05, 0) is 50.1 Å². The molecule has 5 nitrogen and oxygen atoms in total. The number of nitrogens with zero attached hydrogens (tertiary/aromatic N) is 2. The van der Waals surface area contributed by atoms with Crippen molar-refractivity contribution in [2.75, 3.05) is 5.32 Å². The predicted molar refractivity (Wildman–Crippen MR) is 78.8 cm³/mol. The van der Waals surface area contributed by atoms with Crippen LogP contribution in [0.1, 0.15) is 29.8 Å². The summed E-state index contributed by atoms with van der Waals surface area (Å²) in [5.74, 6) is -0.414. The molecule has 1 N–H and O–H groups in total. The van der Waals surface area contributed by atoms with E-state index in [0.29, 0.717) is 11.4 Å². The van der Waals surface area contributed by atoms with E-state index in [1.165, 1.54) is 6.07 Å². The highest BCUT2D eigenvalue weighted by molar-refractivity contribution is 5.65. The maximum Gasteiger partial charge on any atom is 0.292 e. The molecule has 0 aliphatic rings. The minimum absolute atomic E-state index is 0.0204. The zero-order chi connectivity index (χ0) is 15.6. The van der Waals surface area contributed by atoms with Crippen LogP contribution >= 0.6 is 0 Å². The zero-order valence-electron chi connectivity index (χ0n) is 12.1. The Labute approximate surface area is 122 Å². The molecular weight excluding hydrogens is 273 g/mol. The average Bonchev–Trinajstić information content (AvgIpc) is 2.43. The SMILES string of the molecule is Cc1cc(NC(C)c2ccc(F)cn2)c([N+](=O)[O-])cc1C. The lowest BCUT2D eigenvalue weighted by Crippen LogP contribution is -2.10. The van der Waals surface area contributed by atoms with Crippen molar-refractivity contribution >= 4 is 11.4 Å². The number of rotatable bonds is 4. The standard InChI is InChI=1S/C15H16FN3O2/c1-9-6-14(15(19(20)21)7-10(9)2)18-11(3)13-5-4-12(16)8-17-13/h4-8,11,18H,1-3H3. The molecule has 0 spiro atoms. The fourth-order valence-corrected chi connectivity index (χ4v) is 2.02. The number of aryl methyl sites for hydroxylation is 2. The molecule has 0 amide bonds. The van der Waals surface area contributed by atoms with Crippen LogP contribution in [-0.2, 0) is 0 Å². The second-order valence-electron chi connectivity index (χ2n) is 4.98. The van der Waals surface area contributed by atoms with Crippen molar-refractivity contribution in [1.82, 2.24) is 4.98 Å². The minimum Gasteiger partial charge on any atom is -0.371 e. The van der Waals surface area contributed by atoms with Gasteiger partial charge in [-0.1, -0.05) is 0 Å². The van der Waals surface area contributed by atoms with E-state index in [9.17, 15) is 14.5 Å². The van der Waals surface area contributed by atoms with Crippen molar-refractivity contribution in [3.05, 3.63) is 63.2 Å². The van der Waals surface area contributed by atoms with Crippen LogP contribution in [0.3, 0.4) is 0 Å². The molecule has 2 rings (SSSR count). The monoisotopic (exact) mass is 289 g/mol. The number of anilines is 1. The molecule has 1 aromatic carbocycles. The van der Waals surface area contributed by atoms with Crippen molar-refractivity contribution in [3.8, 4) is 0 Å². The van der Waals surface area contributed by atoms with Crippen LogP contribution in [0.4, 0.5) is 15.8 Å². The van der Waals surface area contributed by atoms with Gasteiger partial charge in [0.05, 0.1) is 22.9 Å². The van der Waals surface area contributed by atoms with Crippen molar-refractivity contribution in [2.24, 2.45) is 0 Å². The van der Waals surface area contributed by atoms with Crippen LogP contribution in [0.5, 0.6) is 0 Å². The molecule has 110 valence electrons. The van der Waals surface area contributed by atoms with Gasteiger partial charge in [-0.3, -0.25) is 15.1 Å². The molecule has 0 aliphatic carbocycles. The first kappa shape index (κ1) is 14.9. The van der Waals surface area contributed by atoms with E-state index >= 15 is 0 Å². The molecule has 0 aliphatic heterocycles. The maximum atomic E-state index is 12.9. The fourth-order valence-electron chi connectivity index (χ4n) is 2.02. The summed E-state index contributed by atoms with van der Waals surface area (Å²) in [6.07, 6.45) is 1.13. The Morgan fingerprint density at radius 3 is 2.52 bits per heavy atom. The summed E-state index contributed by atoms with van der Waals surface area (Å²) in [4.78, 5) is 14.7. The summed E-state index contributed by atoms with van der Waals surface area (Å²) in [7, 11) is 0. The van der Waals surface area contributed by atoms with Crippen LogP contribution < -0.4 is 5.32 Å². The van der Waals surface area contributed by atoms with Crippen LogP contribution in [0.2, 0.25) is 0 Å². The molecule has 0 saturated heterocycles. The van der Waals surface area contributed by atoms with Gasteiger partial charge in [-0.25, -0.2) is 4.39 Å². The summed E-state index contributed by atoms with van der Waals surface area (Å²) in [5, 5.41) is 14.2. The van der Waals surface area contributed by atoms with Crippen molar-refractivity contribution in [1.29, 1.82) is 0 Å². The summed E-state index contributed by atoms with van der Waals surface area (Å²) in [5.41, 5.74) is 2.89. The Hall–Kier alpha value is -2.50. The van der Waals surface area contributed by atoms with Gasteiger partial charge in [0, 0.05) is 6.07 Å². The van der Waals surface area contributed by atoms with Crippen LogP contribution in [0.15, 0.2) is 30.5 Å². The van der Waals surface area contributed by atoms with Gasteiger partial charge >= 0.3 is 0 Å². The van der Waals surface area contributed by atoms with E-state index < -0.39 is 10.7 Å². The summed E-state index contributed by atoms with van der Waals surface area (Å²) < 4.78 is 12.9. The van der Waals surface area contributed by atoms with Crippen LogP contribution in [0, 0.1) is 29.8 Å². The number of nitrogens with one attached hydrogen (secondary N) is 1. The second kappa shape index (κ2) is 5.87. The Kier molecular flexibility index (Phi) is 4.16. The second-order valence-corrected chi connectivity index (χ2v) is 4.98. The van der Waals surface area contributed by atoms with Crippen molar-refractivity contribution in [3.63, 3.8) is 0 Å². The zero-order valence-corrected chi connectivity index (χ0v) is 12.1. The van der Waals surface area contributed by atoms with Crippen LogP contribution in [0.25, 0.3) is 0 Å². The van der Waals surface area contributed by atoms with Gasteiger partial charge in [0.2, 0.25) is 0 Å². The van der Waals surface area contributed by atoms with Crippen LogP contribution in [-0.4, -0.2) is 9.91 Å². The quantitative estimate of drug-likeness (QED) is 0.684. The van der Waals surface area contributed by atoms with E-state index in [4.69, 9.17) is 0 Å². The van der Waals surface area contributed by atoms with E-state index in [1.807, 2.05) is 20.8 Å². The van der Waals surface area contributed by atoms with E-state index in [0.717, 1.165) is 17.3 Å². The normalized spacial score (nSPS) is 12.0. The molecule has 1 unspecified atom stereocenters. The number of pyridine rings is 1. The number of nitro groups is 1. The third-order valence-electron chi connectivity index (χ3n) is 3.37. The molecule has 1 heterocycles. The first-order chi connectivity index (χ1) is 9.88. The lowest BCUT2D eigenvalue weighted by Gasteiger charge is -2.16. The predicted octanol–water partition coefficient (Wildman–Crippen LogP) is 3.92. The Balaban J connectivity index is 2.32. The largest absolute Gasteiger partial charge is 0.371 e. The highest BCUT2D eigenvalue weighted by atomic mass is 19.1. The highest BCUT2D eigenvalue weighted by Crippen LogP contribution is 2.30. The number of benzene rings is 1. The number of hydrogen-bond acceptors (Lipinski definition) is 4. The lowest BCUT2D eigenvalue weighted by atomic mass is 10.1. The van der Waals surface area contributed by atoms with Gasteiger partial charge in [-0.2, -0.15) is 0 Å². The van der Waals surface area contributed by atoms with Gasteiger partial charge in [0.15, 0.2) is 0 Å². The van der Waals surface area contributed by atoms with Gasteiger partial charge in [-0.15, -0.1) is 0 Å². The molecule has 0 radical (unpaired) electrons. The molecule has 2 aromatic rings. The molecule has 0 fully saturated rings. The lowest BCUT2D eigenvalue weighted by molar-refractivity contribution is -0.384. The Bertz CT molecular complexity index is 671. The molecule has 1 aromatic heterocycles. The van der Waals surface area contributed by atoms with Gasteiger partial charge in [0.1, 0.15) is 11.5 Å². The average molecular weight is 289 g/mol. The first-order valence-electron chi connectivity index (χ1n) is 6.52. The molecule has 21 heavy (non-hydrogen) atoms. The molecule has 1 atom stereocenters. The number of nitro benzene ring substituents is 1. The number of halogens is 1. The maximum absolute atomic E-state index is 12.9. The Morgan fingerprint density at radius 1 is 1.29 bits per heavy atom.